The quantitative estimate of drug-likeness (QED) is 0.849. The van der Waals surface area contributed by atoms with Crippen molar-refractivity contribution in [1.29, 1.82) is 0 Å². The Morgan fingerprint density at radius 2 is 2.25 bits per heavy atom. The van der Waals surface area contributed by atoms with Gasteiger partial charge < -0.3 is 14.4 Å². The fraction of sp³-hybridized carbons (Fsp3) is 0.273. The molecule has 5 nitrogen and oxygen atoms in total. The second kappa shape index (κ2) is 4.76. The molecule has 0 saturated heterocycles. The van der Waals surface area contributed by atoms with Gasteiger partial charge in [-0.05, 0) is 13.0 Å². The lowest BCUT2D eigenvalue weighted by molar-refractivity contribution is 0.189. The summed E-state index contributed by atoms with van der Waals surface area (Å²) in [5.41, 5.74) is 0.742. The second-order valence-electron chi connectivity index (χ2n) is 3.35. The average molecular weight is 220 g/mol. The summed E-state index contributed by atoms with van der Waals surface area (Å²) >= 11 is 0. The van der Waals surface area contributed by atoms with Gasteiger partial charge in [0, 0.05) is 5.56 Å². The van der Waals surface area contributed by atoms with E-state index in [-0.39, 0.29) is 6.61 Å². The minimum Gasteiger partial charge on any atom is -0.485 e. The SMILES string of the molecule is CC(O)c1ccccc1OCc1ncon1. The monoisotopic (exact) mass is 220 g/mol. The molecule has 1 heterocycles. The maximum absolute atomic E-state index is 9.53. The fourth-order valence-electron chi connectivity index (χ4n) is 1.36. The van der Waals surface area contributed by atoms with Gasteiger partial charge in [0.05, 0.1) is 6.10 Å². The zero-order valence-electron chi connectivity index (χ0n) is 8.83. The number of aromatic nitrogens is 2. The smallest absolute Gasteiger partial charge is 0.213 e. The Bertz CT molecular complexity index is 440. The Kier molecular flexibility index (Phi) is 3.16. The number of benzene rings is 1. The predicted octanol–water partition coefficient (Wildman–Crippen LogP) is 1.70. The predicted molar refractivity (Wildman–Crippen MR) is 55.7 cm³/mol. The van der Waals surface area contributed by atoms with Crippen LogP contribution in [0, 0.1) is 0 Å². The van der Waals surface area contributed by atoms with Crippen LogP contribution in [0.25, 0.3) is 0 Å². The summed E-state index contributed by atoms with van der Waals surface area (Å²) in [5, 5.41) is 13.2. The molecule has 1 unspecified atom stereocenters. The van der Waals surface area contributed by atoms with Crippen molar-refractivity contribution >= 4 is 0 Å². The Morgan fingerprint density at radius 1 is 1.44 bits per heavy atom. The molecule has 0 aliphatic heterocycles. The molecule has 1 aromatic carbocycles. The van der Waals surface area contributed by atoms with Gasteiger partial charge >= 0.3 is 0 Å². The van der Waals surface area contributed by atoms with Crippen molar-refractivity contribution in [2.75, 3.05) is 0 Å². The largest absolute Gasteiger partial charge is 0.485 e. The van der Waals surface area contributed by atoms with E-state index in [1.807, 2.05) is 18.2 Å². The van der Waals surface area contributed by atoms with Crippen molar-refractivity contribution in [2.24, 2.45) is 0 Å². The maximum Gasteiger partial charge on any atom is 0.213 e. The van der Waals surface area contributed by atoms with Crippen LogP contribution in [0.15, 0.2) is 35.2 Å². The highest BCUT2D eigenvalue weighted by Gasteiger charge is 2.09. The standard InChI is InChI=1S/C11H12N2O3/c1-8(14)9-4-2-3-5-10(9)15-6-11-12-7-16-13-11/h2-5,7-8,14H,6H2,1H3. The molecule has 0 radical (unpaired) electrons. The van der Waals surface area contributed by atoms with Gasteiger partial charge in [0.25, 0.3) is 0 Å². The van der Waals surface area contributed by atoms with Gasteiger partial charge in [0.2, 0.25) is 12.2 Å². The highest BCUT2D eigenvalue weighted by atomic mass is 16.5. The summed E-state index contributed by atoms with van der Waals surface area (Å²) in [6.45, 7) is 1.91. The van der Waals surface area contributed by atoms with Crippen LogP contribution in [0.3, 0.4) is 0 Å². The molecule has 2 rings (SSSR count). The Balaban J connectivity index is 2.09. The van der Waals surface area contributed by atoms with Gasteiger partial charge in [-0.1, -0.05) is 23.4 Å². The third-order valence-electron chi connectivity index (χ3n) is 2.13. The average Bonchev–Trinajstić information content (AvgIpc) is 2.79. The van der Waals surface area contributed by atoms with E-state index in [1.165, 1.54) is 6.39 Å². The van der Waals surface area contributed by atoms with Crippen molar-refractivity contribution in [3.8, 4) is 5.75 Å². The number of aliphatic hydroxyl groups is 1. The Morgan fingerprint density at radius 3 is 2.94 bits per heavy atom. The summed E-state index contributed by atoms with van der Waals surface area (Å²) in [7, 11) is 0. The van der Waals surface area contributed by atoms with Crippen LogP contribution in [0.4, 0.5) is 0 Å². The molecule has 1 atom stereocenters. The Hall–Kier alpha value is -1.88. The van der Waals surface area contributed by atoms with E-state index >= 15 is 0 Å². The van der Waals surface area contributed by atoms with E-state index in [2.05, 4.69) is 14.7 Å². The van der Waals surface area contributed by atoms with Crippen LogP contribution >= 0.6 is 0 Å². The van der Waals surface area contributed by atoms with Crippen LogP contribution < -0.4 is 4.74 Å². The van der Waals surface area contributed by atoms with Gasteiger partial charge in [0.1, 0.15) is 5.75 Å². The normalized spacial score (nSPS) is 12.4. The molecule has 0 saturated carbocycles. The molecule has 1 aromatic heterocycles. The molecule has 0 fully saturated rings. The van der Waals surface area contributed by atoms with Gasteiger partial charge in [-0.2, -0.15) is 4.98 Å². The van der Waals surface area contributed by atoms with E-state index in [0.717, 1.165) is 5.56 Å². The second-order valence-corrected chi connectivity index (χ2v) is 3.35. The number of rotatable bonds is 4. The lowest BCUT2D eigenvalue weighted by Gasteiger charge is -2.11. The number of para-hydroxylation sites is 1. The summed E-state index contributed by atoms with van der Waals surface area (Å²) in [5.74, 6) is 1.10. The zero-order chi connectivity index (χ0) is 11.4. The first kappa shape index (κ1) is 10.6. The van der Waals surface area contributed by atoms with E-state index in [0.29, 0.717) is 11.6 Å². The summed E-state index contributed by atoms with van der Waals surface area (Å²) in [6, 6.07) is 7.30. The molecule has 0 aliphatic rings. The molecule has 0 spiro atoms. The summed E-state index contributed by atoms with van der Waals surface area (Å²) in [6.07, 6.45) is 0.681. The van der Waals surface area contributed by atoms with Crippen molar-refractivity contribution < 1.29 is 14.4 Å². The molecular weight excluding hydrogens is 208 g/mol. The highest BCUT2D eigenvalue weighted by Crippen LogP contribution is 2.24. The number of ether oxygens (including phenoxy) is 1. The van der Waals surface area contributed by atoms with E-state index in [1.54, 1.807) is 13.0 Å². The number of hydrogen-bond acceptors (Lipinski definition) is 5. The molecule has 0 amide bonds. The van der Waals surface area contributed by atoms with Crippen LogP contribution in [-0.4, -0.2) is 15.2 Å². The zero-order valence-corrected chi connectivity index (χ0v) is 8.83. The van der Waals surface area contributed by atoms with Crippen LogP contribution in [-0.2, 0) is 6.61 Å². The molecule has 1 N–H and O–H groups in total. The van der Waals surface area contributed by atoms with Crippen LogP contribution in [0.5, 0.6) is 5.75 Å². The minimum absolute atomic E-state index is 0.222. The highest BCUT2D eigenvalue weighted by molar-refractivity contribution is 5.34. The fourth-order valence-corrected chi connectivity index (χ4v) is 1.36. The van der Waals surface area contributed by atoms with Crippen LogP contribution in [0.2, 0.25) is 0 Å². The van der Waals surface area contributed by atoms with Gasteiger partial charge in [-0.25, -0.2) is 0 Å². The maximum atomic E-state index is 9.53. The molecule has 0 aliphatic carbocycles. The number of nitrogens with zero attached hydrogens (tertiary/aromatic N) is 2. The van der Waals surface area contributed by atoms with Crippen molar-refractivity contribution in [1.82, 2.24) is 10.1 Å². The molecular formula is C11H12N2O3. The molecule has 0 bridgehead atoms. The van der Waals surface area contributed by atoms with Gasteiger partial charge in [0.15, 0.2) is 6.61 Å². The Labute approximate surface area is 92.7 Å². The summed E-state index contributed by atoms with van der Waals surface area (Å²) < 4.78 is 10.1. The first-order valence-corrected chi connectivity index (χ1v) is 4.92. The summed E-state index contributed by atoms with van der Waals surface area (Å²) in [4.78, 5) is 3.84. The van der Waals surface area contributed by atoms with Crippen molar-refractivity contribution in [3.63, 3.8) is 0 Å². The molecule has 16 heavy (non-hydrogen) atoms. The van der Waals surface area contributed by atoms with E-state index in [9.17, 15) is 5.11 Å². The van der Waals surface area contributed by atoms with Crippen molar-refractivity contribution in [3.05, 3.63) is 42.0 Å². The van der Waals surface area contributed by atoms with E-state index in [4.69, 9.17) is 4.74 Å². The number of hydrogen-bond donors (Lipinski definition) is 1. The van der Waals surface area contributed by atoms with Gasteiger partial charge in [-0.3, -0.25) is 0 Å². The van der Waals surface area contributed by atoms with Crippen LogP contribution in [0.1, 0.15) is 24.4 Å². The van der Waals surface area contributed by atoms with Gasteiger partial charge in [-0.15, -0.1) is 0 Å². The first-order chi connectivity index (χ1) is 7.77. The number of aliphatic hydroxyl groups excluding tert-OH is 1. The molecule has 5 heteroatoms. The topological polar surface area (TPSA) is 68.4 Å². The third kappa shape index (κ3) is 2.38. The van der Waals surface area contributed by atoms with E-state index < -0.39 is 6.10 Å². The lowest BCUT2D eigenvalue weighted by Crippen LogP contribution is -2.01. The molecule has 84 valence electrons. The third-order valence-corrected chi connectivity index (χ3v) is 2.13. The molecule has 2 aromatic rings. The first-order valence-electron chi connectivity index (χ1n) is 4.92. The minimum atomic E-state index is -0.568. The lowest BCUT2D eigenvalue weighted by atomic mass is 10.1. The van der Waals surface area contributed by atoms with Crippen molar-refractivity contribution in [2.45, 2.75) is 19.6 Å².